The molecule has 1 unspecified atom stereocenters. The molecule has 0 aliphatic rings. The molecule has 3 nitrogen and oxygen atoms in total. The van der Waals surface area contributed by atoms with Gasteiger partial charge in [0.2, 0.25) is 0 Å². The van der Waals surface area contributed by atoms with E-state index in [1.54, 1.807) is 12.1 Å². The third kappa shape index (κ3) is 4.28. The summed E-state index contributed by atoms with van der Waals surface area (Å²) in [5.74, 6) is -0.972. The van der Waals surface area contributed by atoms with E-state index < -0.39 is 11.4 Å². The van der Waals surface area contributed by atoms with Crippen molar-refractivity contribution in [2.45, 2.75) is 33.1 Å². The molecular weight excluding hydrogens is 288 g/mol. The number of hydrogen-bond donors (Lipinski definition) is 1. The van der Waals surface area contributed by atoms with Crippen molar-refractivity contribution in [1.29, 1.82) is 0 Å². The number of rotatable bonds is 5. The van der Waals surface area contributed by atoms with Crippen LogP contribution in [0.4, 0.5) is 0 Å². The standard InChI is InChI=1S/C20H22O3/c1-20(2,3)19(23)16-11-9-15(10-12-16)17(13-18(21)22)14-7-5-4-6-8-14/h4-12,17H,13H2,1-3H3,(H,21,22). The Morgan fingerprint density at radius 1 is 0.913 bits per heavy atom. The van der Waals surface area contributed by atoms with Crippen molar-refractivity contribution in [2.75, 3.05) is 0 Å². The molecule has 0 radical (unpaired) electrons. The SMILES string of the molecule is CC(C)(C)C(=O)c1ccc(C(CC(=O)O)c2ccccc2)cc1. The highest BCUT2D eigenvalue weighted by Crippen LogP contribution is 2.29. The van der Waals surface area contributed by atoms with Crippen molar-refractivity contribution in [1.82, 2.24) is 0 Å². The molecule has 0 bridgehead atoms. The molecule has 23 heavy (non-hydrogen) atoms. The van der Waals surface area contributed by atoms with E-state index in [1.807, 2.05) is 63.2 Å². The average molecular weight is 310 g/mol. The van der Waals surface area contributed by atoms with Crippen molar-refractivity contribution in [3.63, 3.8) is 0 Å². The van der Waals surface area contributed by atoms with Crippen molar-refractivity contribution >= 4 is 11.8 Å². The lowest BCUT2D eigenvalue weighted by Crippen LogP contribution is -2.20. The summed E-state index contributed by atoms with van der Waals surface area (Å²) in [6.07, 6.45) is 0.0244. The number of carboxylic acids is 1. The number of benzene rings is 2. The van der Waals surface area contributed by atoms with Crippen molar-refractivity contribution < 1.29 is 14.7 Å². The fourth-order valence-electron chi connectivity index (χ4n) is 2.59. The van der Waals surface area contributed by atoms with Gasteiger partial charge in [-0.3, -0.25) is 9.59 Å². The molecule has 1 atom stereocenters. The molecule has 0 fully saturated rings. The van der Waals surface area contributed by atoms with E-state index in [4.69, 9.17) is 0 Å². The average Bonchev–Trinajstić information content (AvgIpc) is 2.52. The highest BCUT2D eigenvalue weighted by atomic mass is 16.4. The zero-order chi connectivity index (χ0) is 17.0. The summed E-state index contributed by atoms with van der Waals surface area (Å²) in [5, 5.41) is 9.20. The molecule has 0 saturated heterocycles. The first-order valence-electron chi connectivity index (χ1n) is 7.70. The van der Waals surface area contributed by atoms with Gasteiger partial charge >= 0.3 is 5.97 Å². The van der Waals surface area contributed by atoms with Gasteiger partial charge in [0.15, 0.2) is 5.78 Å². The van der Waals surface area contributed by atoms with Crippen LogP contribution in [-0.4, -0.2) is 16.9 Å². The summed E-state index contributed by atoms with van der Waals surface area (Å²) in [7, 11) is 0. The van der Waals surface area contributed by atoms with Crippen LogP contribution in [0.25, 0.3) is 0 Å². The molecule has 2 aromatic rings. The Hall–Kier alpha value is -2.42. The zero-order valence-corrected chi connectivity index (χ0v) is 13.7. The Kier molecular flexibility index (Phi) is 4.99. The second kappa shape index (κ2) is 6.78. The summed E-state index contributed by atoms with van der Waals surface area (Å²) >= 11 is 0. The molecule has 3 heteroatoms. The van der Waals surface area contributed by atoms with E-state index in [0.717, 1.165) is 11.1 Å². The first kappa shape index (κ1) is 16.9. The van der Waals surface area contributed by atoms with Gasteiger partial charge in [-0.15, -0.1) is 0 Å². The van der Waals surface area contributed by atoms with Crippen LogP contribution in [0, 0.1) is 5.41 Å². The van der Waals surface area contributed by atoms with Gasteiger partial charge < -0.3 is 5.11 Å². The van der Waals surface area contributed by atoms with E-state index in [2.05, 4.69) is 0 Å². The Bertz CT molecular complexity index is 679. The maximum atomic E-state index is 12.3. The monoisotopic (exact) mass is 310 g/mol. The molecule has 0 amide bonds. The van der Waals surface area contributed by atoms with Gasteiger partial charge in [0.25, 0.3) is 0 Å². The molecule has 2 rings (SSSR count). The fraction of sp³-hybridized carbons (Fsp3) is 0.300. The van der Waals surface area contributed by atoms with Crippen LogP contribution in [0.1, 0.15) is 54.6 Å². The molecule has 0 aliphatic heterocycles. The quantitative estimate of drug-likeness (QED) is 0.826. The van der Waals surface area contributed by atoms with E-state index in [1.165, 1.54) is 0 Å². The van der Waals surface area contributed by atoms with Gasteiger partial charge in [0.1, 0.15) is 0 Å². The summed E-state index contributed by atoms with van der Waals surface area (Å²) in [5.41, 5.74) is 2.10. The van der Waals surface area contributed by atoms with E-state index in [0.29, 0.717) is 5.56 Å². The van der Waals surface area contributed by atoms with Gasteiger partial charge in [-0.1, -0.05) is 75.4 Å². The van der Waals surface area contributed by atoms with Crippen molar-refractivity contribution in [2.24, 2.45) is 5.41 Å². The first-order valence-corrected chi connectivity index (χ1v) is 7.70. The number of ketones is 1. The molecule has 0 aliphatic carbocycles. The van der Waals surface area contributed by atoms with Gasteiger partial charge in [-0.05, 0) is 11.1 Å². The summed E-state index contributed by atoms with van der Waals surface area (Å²) in [6.45, 7) is 5.67. The minimum Gasteiger partial charge on any atom is -0.481 e. The molecule has 2 aromatic carbocycles. The number of Topliss-reactive ketones (excluding diaryl/α,β-unsaturated/α-hetero) is 1. The van der Waals surface area contributed by atoms with Gasteiger partial charge in [-0.2, -0.15) is 0 Å². The highest BCUT2D eigenvalue weighted by Gasteiger charge is 2.23. The van der Waals surface area contributed by atoms with Crippen LogP contribution in [0.3, 0.4) is 0 Å². The van der Waals surface area contributed by atoms with Crippen molar-refractivity contribution in [3.05, 3.63) is 71.3 Å². The lowest BCUT2D eigenvalue weighted by molar-refractivity contribution is -0.137. The predicted octanol–water partition coefficient (Wildman–Crippen LogP) is 4.52. The van der Waals surface area contributed by atoms with E-state index in [-0.39, 0.29) is 18.1 Å². The van der Waals surface area contributed by atoms with E-state index in [9.17, 15) is 14.7 Å². The third-order valence-corrected chi connectivity index (χ3v) is 3.84. The first-order chi connectivity index (χ1) is 10.8. The highest BCUT2D eigenvalue weighted by molar-refractivity contribution is 5.99. The Morgan fingerprint density at radius 3 is 1.91 bits per heavy atom. The minimum atomic E-state index is -0.839. The molecular formula is C20H22O3. The molecule has 120 valence electrons. The number of carbonyl (C=O) groups excluding carboxylic acids is 1. The molecule has 0 saturated carbocycles. The fourth-order valence-corrected chi connectivity index (χ4v) is 2.59. The Labute approximate surface area is 137 Å². The smallest absolute Gasteiger partial charge is 0.304 e. The van der Waals surface area contributed by atoms with Crippen molar-refractivity contribution in [3.8, 4) is 0 Å². The van der Waals surface area contributed by atoms with Crippen LogP contribution in [0.5, 0.6) is 0 Å². The Morgan fingerprint density at radius 2 is 1.43 bits per heavy atom. The largest absolute Gasteiger partial charge is 0.481 e. The van der Waals surface area contributed by atoms with Crippen LogP contribution < -0.4 is 0 Å². The van der Waals surface area contributed by atoms with Gasteiger partial charge in [0, 0.05) is 16.9 Å². The second-order valence-electron chi connectivity index (χ2n) is 6.76. The van der Waals surface area contributed by atoms with Gasteiger partial charge in [-0.25, -0.2) is 0 Å². The van der Waals surface area contributed by atoms with Gasteiger partial charge in [0.05, 0.1) is 6.42 Å². The third-order valence-electron chi connectivity index (χ3n) is 3.84. The Balaban J connectivity index is 2.34. The normalized spacial score (nSPS) is 12.7. The number of hydrogen-bond acceptors (Lipinski definition) is 2. The summed E-state index contributed by atoms with van der Waals surface area (Å²) in [6, 6.07) is 16.9. The van der Waals surface area contributed by atoms with Crippen LogP contribution in [0.15, 0.2) is 54.6 Å². The number of aliphatic carboxylic acids is 1. The number of carboxylic acid groups (broad SMARTS) is 1. The van der Waals surface area contributed by atoms with Crippen LogP contribution in [0.2, 0.25) is 0 Å². The maximum Gasteiger partial charge on any atom is 0.304 e. The molecule has 0 aromatic heterocycles. The summed E-state index contributed by atoms with van der Waals surface area (Å²) < 4.78 is 0. The molecule has 0 spiro atoms. The number of carbonyl (C=O) groups is 2. The van der Waals surface area contributed by atoms with Crippen LogP contribution in [-0.2, 0) is 4.79 Å². The maximum absolute atomic E-state index is 12.3. The summed E-state index contributed by atoms with van der Waals surface area (Å²) in [4.78, 5) is 23.5. The molecule has 1 N–H and O–H groups in total. The lowest BCUT2D eigenvalue weighted by Gasteiger charge is -2.19. The zero-order valence-electron chi connectivity index (χ0n) is 13.7. The molecule has 0 heterocycles. The second-order valence-corrected chi connectivity index (χ2v) is 6.76. The minimum absolute atomic E-state index is 0.0244. The lowest BCUT2D eigenvalue weighted by atomic mass is 9.84. The van der Waals surface area contributed by atoms with E-state index >= 15 is 0 Å². The van der Waals surface area contributed by atoms with Crippen LogP contribution >= 0.6 is 0 Å². The predicted molar refractivity (Wildman–Crippen MR) is 90.8 cm³/mol. The topological polar surface area (TPSA) is 54.4 Å².